The number of Topliss-reactive ketones (excluding diaryl/α,β-unsaturated/α-hetero) is 1. The first-order valence-corrected chi connectivity index (χ1v) is 12.0. The number of benzene rings is 2. The Bertz CT molecular complexity index is 1480. The molecule has 1 N–H and O–H groups in total. The van der Waals surface area contributed by atoms with E-state index in [0.29, 0.717) is 32.8 Å². The van der Waals surface area contributed by atoms with Crippen LogP contribution in [0, 0.1) is 27.7 Å². The normalized spacial score (nSPS) is 15.8. The molecule has 1 amide bonds. The zero-order valence-corrected chi connectivity index (χ0v) is 20.6. The zero-order valence-electron chi connectivity index (χ0n) is 19.8. The number of anilines is 1. The Morgan fingerprint density at radius 2 is 1.69 bits per heavy atom. The maximum Gasteiger partial charge on any atom is 0.294 e. The average molecular weight is 485 g/mol. The fourth-order valence-electron chi connectivity index (χ4n) is 4.50. The molecule has 1 aliphatic rings. The van der Waals surface area contributed by atoms with Crippen molar-refractivity contribution in [3.63, 3.8) is 0 Å². The van der Waals surface area contributed by atoms with Gasteiger partial charge in [0.25, 0.3) is 5.91 Å². The number of aryl methyl sites for hydroxylation is 4. The number of nitrogens with zero attached hydrogens (tertiary/aromatic N) is 2. The van der Waals surface area contributed by atoms with Gasteiger partial charge in [-0.2, -0.15) is 0 Å². The van der Waals surface area contributed by atoms with Crippen LogP contribution in [0.2, 0.25) is 0 Å². The van der Waals surface area contributed by atoms with E-state index in [2.05, 4.69) is 4.98 Å². The van der Waals surface area contributed by atoms with E-state index in [4.69, 9.17) is 4.42 Å². The van der Waals surface area contributed by atoms with Gasteiger partial charge in [0.15, 0.2) is 5.76 Å². The van der Waals surface area contributed by atoms with Crippen LogP contribution in [0.5, 0.6) is 0 Å². The van der Waals surface area contributed by atoms with Crippen molar-refractivity contribution in [3.8, 4) is 10.6 Å². The first-order chi connectivity index (χ1) is 16.7. The van der Waals surface area contributed by atoms with Gasteiger partial charge >= 0.3 is 0 Å². The number of hydrogen-bond acceptors (Lipinski definition) is 6. The molecule has 1 aliphatic heterocycles. The maximum atomic E-state index is 13.9. The second-order valence-electron chi connectivity index (χ2n) is 8.76. The molecule has 0 bridgehead atoms. The number of ketones is 1. The summed E-state index contributed by atoms with van der Waals surface area (Å²) in [5, 5.41) is 11.7. The fourth-order valence-corrected chi connectivity index (χ4v) is 5.52. The molecular formula is C28H24N2O4S. The highest BCUT2D eigenvalue weighted by Gasteiger charge is 2.47. The molecule has 2 aromatic heterocycles. The van der Waals surface area contributed by atoms with Gasteiger partial charge in [0.05, 0.1) is 16.1 Å². The van der Waals surface area contributed by atoms with Crippen molar-refractivity contribution in [2.24, 2.45) is 0 Å². The predicted octanol–water partition coefficient (Wildman–Crippen LogP) is 6.42. The summed E-state index contributed by atoms with van der Waals surface area (Å²) in [5.74, 6) is -0.580. The highest BCUT2D eigenvalue weighted by Crippen LogP contribution is 2.44. The first-order valence-electron chi connectivity index (χ1n) is 11.2. The molecule has 0 fully saturated rings. The second kappa shape index (κ2) is 8.67. The summed E-state index contributed by atoms with van der Waals surface area (Å²) in [5.41, 5.74) is 3.96. The Kier molecular flexibility index (Phi) is 5.65. The largest absolute Gasteiger partial charge is 0.503 e. The summed E-state index contributed by atoms with van der Waals surface area (Å²) in [6.07, 6.45) is 0. The van der Waals surface area contributed by atoms with E-state index in [-0.39, 0.29) is 5.57 Å². The highest BCUT2D eigenvalue weighted by atomic mass is 32.1. The van der Waals surface area contributed by atoms with E-state index in [1.54, 1.807) is 26.0 Å². The number of carbonyl (C=O) groups is 2. The van der Waals surface area contributed by atoms with Crippen molar-refractivity contribution in [2.75, 3.05) is 4.90 Å². The topological polar surface area (TPSA) is 83.6 Å². The van der Waals surface area contributed by atoms with Crippen molar-refractivity contribution in [1.82, 2.24) is 4.98 Å². The molecule has 0 aliphatic carbocycles. The lowest BCUT2D eigenvalue weighted by Crippen LogP contribution is -2.31. The molecule has 6 nitrogen and oxygen atoms in total. The van der Waals surface area contributed by atoms with Crippen LogP contribution in [0.1, 0.15) is 44.1 Å². The van der Waals surface area contributed by atoms with Gasteiger partial charge in [0.2, 0.25) is 5.78 Å². The average Bonchev–Trinajstić information content (AvgIpc) is 3.49. The number of amides is 1. The van der Waals surface area contributed by atoms with Gasteiger partial charge in [-0.25, -0.2) is 4.98 Å². The van der Waals surface area contributed by atoms with Gasteiger partial charge in [-0.05, 0) is 63.1 Å². The van der Waals surface area contributed by atoms with E-state index in [1.807, 2.05) is 62.4 Å². The Labute approximate surface area is 207 Å². The monoisotopic (exact) mass is 484 g/mol. The van der Waals surface area contributed by atoms with Crippen LogP contribution in [0.15, 0.2) is 76.4 Å². The van der Waals surface area contributed by atoms with E-state index in [9.17, 15) is 14.7 Å². The Balaban J connectivity index is 1.64. The number of hydrogen-bond donors (Lipinski definition) is 1. The summed E-state index contributed by atoms with van der Waals surface area (Å²) in [4.78, 5) is 33.7. The maximum absolute atomic E-state index is 13.9. The van der Waals surface area contributed by atoms with E-state index >= 15 is 0 Å². The van der Waals surface area contributed by atoms with Crippen molar-refractivity contribution < 1.29 is 19.1 Å². The lowest BCUT2D eigenvalue weighted by molar-refractivity contribution is -0.117. The lowest BCUT2D eigenvalue weighted by atomic mass is 9.99. The van der Waals surface area contributed by atoms with Crippen molar-refractivity contribution in [2.45, 2.75) is 33.7 Å². The number of aliphatic hydroxyl groups excluding tert-OH is 1. The third-order valence-electron chi connectivity index (χ3n) is 5.99. The highest BCUT2D eigenvalue weighted by molar-refractivity contribution is 7.17. The number of aliphatic hydroxyl groups is 1. The Morgan fingerprint density at radius 1 is 1.00 bits per heavy atom. The van der Waals surface area contributed by atoms with Crippen molar-refractivity contribution in [3.05, 3.63) is 105 Å². The quantitative estimate of drug-likeness (QED) is 0.331. The minimum absolute atomic E-state index is 0.00475. The number of carbonyl (C=O) groups excluding carboxylic acids is 2. The Hall–Kier alpha value is -3.97. The van der Waals surface area contributed by atoms with Gasteiger partial charge < -0.3 is 9.52 Å². The molecule has 7 heteroatoms. The molecule has 3 heterocycles. The molecule has 0 radical (unpaired) electrons. The predicted molar refractivity (Wildman–Crippen MR) is 136 cm³/mol. The summed E-state index contributed by atoms with van der Waals surface area (Å²) in [6.45, 7) is 7.44. The van der Waals surface area contributed by atoms with E-state index in [0.717, 1.165) is 16.7 Å². The van der Waals surface area contributed by atoms with Gasteiger partial charge in [-0.3, -0.25) is 14.5 Å². The molecule has 1 atom stereocenters. The first kappa shape index (κ1) is 22.8. The van der Waals surface area contributed by atoms with Crippen LogP contribution in [-0.4, -0.2) is 21.8 Å². The molecule has 0 saturated heterocycles. The van der Waals surface area contributed by atoms with Gasteiger partial charge in [-0.15, -0.1) is 11.3 Å². The van der Waals surface area contributed by atoms with E-state index in [1.165, 1.54) is 16.2 Å². The molecule has 5 rings (SSSR count). The smallest absolute Gasteiger partial charge is 0.294 e. The summed E-state index contributed by atoms with van der Waals surface area (Å²) < 4.78 is 5.89. The van der Waals surface area contributed by atoms with Crippen LogP contribution < -0.4 is 4.90 Å². The lowest BCUT2D eigenvalue weighted by Gasteiger charge is -2.25. The third-order valence-corrected chi connectivity index (χ3v) is 7.20. The summed E-state index contributed by atoms with van der Waals surface area (Å²) >= 11 is 1.25. The summed E-state index contributed by atoms with van der Waals surface area (Å²) in [6, 6.07) is 17.9. The standard InChI is InChI=1S/C28H24N2O4S/c1-15-12-16(2)14-20(13-15)30-23(21-11-10-17(3)34-21)22(25(32)28(30)33)24(31)26-18(4)29-27(35-26)19-8-6-5-7-9-19/h5-14,23,32H,1-4H3. The van der Waals surface area contributed by atoms with Crippen LogP contribution in [-0.2, 0) is 4.79 Å². The number of aromatic nitrogens is 1. The van der Waals surface area contributed by atoms with Crippen LogP contribution in [0.25, 0.3) is 10.6 Å². The SMILES string of the molecule is Cc1cc(C)cc(N2C(=O)C(O)=C(C(=O)c3sc(-c4ccccc4)nc3C)C2c2ccc(C)o2)c1. The number of thiazole rings is 1. The van der Waals surface area contributed by atoms with Gasteiger partial charge in [0.1, 0.15) is 22.6 Å². The molecule has 35 heavy (non-hydrogen) atoms. The summed E-state index contributed by atoms with van der Waals surface area (Å²) in [7, 11) is 0. The van der Waals surface area contributed by atoms with E-state index < -0.39 is 23.5 Å². The second-order valence-corrected chi connectivity index (χ2v) is 9.76. The minimum Gasteiger partial charge on any atom is -0.503 e. The zero-order chi connectivity index (χ0) is 24.9. The molecule has 4 aromatic rings. The molecule has 0 saturated carbocycles. The molecule has 2 aromatic carbocycles. The van der Waals surface area contributed by atoms with Crippen molar-refractivity contribution >= 4 is 28.7 Å². The Morgan fingerprint density at radius 3 is 2.31 bits per heavy atom. The number of furan rings is 1. The molecular weight excluding hydrogens is 460 g/mol. The third kappa shape index (κ3) is 3.98. The fraction of sp³-hybridized carbons (Fsp3) is 0.179. The molecule has 176 valence electrons. The van der Waals surface area contributed by atoms with Gasteiger partial charge in [0, 0.05) is 11.3 Å². The van der Waals surface area contributed by atoms with Crippen LogP contribution in [0.4, 0.5) is 5.69 Å². The van der Waals surface area contributed by atoms with Crippen LogP contribution in [0.3, 0.4) is 0 Å². The molecule has 0 spiro atoms. The van der Waals surface area contributed by atoms with Gasteiger partial charge in [-0.1, -0.05) is 36.4 Å². The minimum atomic E-state index is -0.897. The number of rotatable bonds is 5. The van der Waals surface area contributed by atoms with Crippen LogP contribution >= 0.6 is 11.3 Å². The molecule has 1 unspecified atom stereocenters. The van der Waals surface area contributed by atoms with Crippen molar-refractivity contribution in [1.29, 1.82) is 0 Å².